The zero-order valence-electron chi connectivity index (χ0n) is 13.9. The highest BCUT2D eigenvalue weighted by atomic mass is 16.5. The van der Waals surface area contributed by atoms with Crippen LogP contribution in [0.5, 0.6) is 0 Å². The molecule has 3 N–H and O–H groups in total. The van der Waals surface area contributed by atoms with Gasteiger partial charge in [0.1, 0.15) is 11.7 Å². The van der Waals surface area contributed by atoms with E-state index >= 15 is 0 Å². The summed E-state index contributed by atoms with van der Waals surface area (Å²) in [6.07, 6.45) is 1.47. The number of aromatic nitrogens is 3. The molecule has 0 bridgehead atoms. The summed E-state index contributed by atoms with van der Waals surface area (Å²) in [6.45, 7) is 3.37. The average molecular weight is 349 g/mol. The summed E-state index contributed by atoms with van der Waals surface area (Å²) >= 11 is 0. The number of H-pyrrole nitrogens is 1. The van der Waals surface area contributed by atoms with Gasteiger partial charge in [-0.15, -0.1) is 0 Å². The van der Waals surface area contributed by atoms with E-state index in [9.17, 15) is 19.2 Å². The van der Waals surface area contributed by atoms with Crippen LogP contribution in [0.4, 0.5) is 4.79 Å². The van der Waals surface area contributed by atoms with Gasteiger partial charge in [0.2, 0.25) is 0 Å². The number of aromatic amines is 1. The van der Waals surface area contributed by atoms with E-state index in [2.05, 4.69) is 20.6 Å². The monoisotopic (exact) mass is 349 g/mol. The van der Waals surface area contributed by atoms with Crippen LogP contribution in [0, 0.1) is 0 Å². The summed E-state index contributed by atoms with van der Waals surface area (Å²) < 4.78 is 5.74. The number of nitrogens with one attached hydrogen (secondary N) is 3. The molecule has 0 aliphatic rings. The first-order chi connectivity index (χ1) is 11.9. The lowest BCUT2D eigenvalue weighted by Crippen LogP contribution is -2.46. The van der Waals surface area contributed by atoms with Gasteiger partial charge in [-0.25, -0.2) is 19.4 Å². The number of urea groups is 1. The van der Waals surface area contributed by atoms with Gasteiger partial charge in [0.15, 0.2) is 0 Å². The molecule has 2 rings (SSSR count). The molecule has 10 heteroatoms. The van der Waals surface area contributed by atoms with Gasteiger partial charge in [0.25, 0.3) is 5.56 Å². The third-order valence-electron chi connectivity index (χ3n) is 3.36. The smallest absolute Gasteiger partial charge is 0.330 e. The fourth-order valence-corrected chi connectivity index (χ4v) is 2.14. The molecule has 0 fully saturated rings. The largest absolute Gasteiger partial charge is 0.464 e. The Labute approximate surface area is 142 Å². The van der Waals surface area contributed by atoms with Gasteiger partial charge in [-0.1, -0.05) is 0 Å². The molecule has 0 aliphatic carbocycles. The third kappa shape index (κ3) is 4.43. The van der Waals surface area contributed by atoms with Gasteiger partial charge in [-0.05, 0) is 26.0 Å². The number of hydrogen-bond donors (Lipinski definition) is 3. The second kappa shape index (κ2) is 8.08. The molecule has 0 aromatic carbocycles. The van der Waals surface area contributed by atoms with Crippen molar-refractivity contribution in [3.63, 3.8) is 0 Å². The number of ether oxygens (including phenoxy) is 1. The van der Waals surface area contributed by atoms with Crippen molar-refractivity contribution in [1.82, 2.24) is 25.2 Å². The first-order valence-electron chi connectivity index (χ1n) is 7.73. The van der Waals surface area contributed by atoms with E-state index in [4.69, 9.17) is 4.74 Å². The normalized spacial score (nSPS) is 11.8. The van der Waals surface area contributed by atoms with Crippen molar-refractivity contribution < 1.29 is 14.3 Å². The van der Waals surface area contributed by atoms with Gasteiger partial charge >= 0.3 is 17.7 Å². The van der Waals surface area contributed by atoms with E-state index in [0.717, 1.165) is 4.57 Å². The molecule has 134 valence electrons. The van der Waals surface area contributed by atoms with E-state index in [1.807, 2.05) is 0 Å². The Morgan fingerprint density at radius 3 is 2.88 bits per heavy atom. The zero-order valence-corrected chi connectivity index (χ0v) is 13.9. The number of rotatable bonds is 6. The second-order valence-corrected chi connectivity index (χ2v) is 5.16. The van der Waals surface area contributed by atoms with Crippen LogP contribution in [-0.2, 0) is 16.1 Å². The van der Waals surface area contributed by atoms with Crippen LogP contribution >= 0.6 is 0 Å². The quantitative estimate of drug-likeness (QED) is 0.592. The SMILES string of the molecule is CCOC(=O)C(C)NC(=O)NCCn1c(=O)[nH]c2ncccc2c1=O. The summed E-state index contributed by atoms with van der Waals surface area (Å²) in [4.78, 5) is 53.8. The Bertz CT molecular complexity index is 888. The molecule has 2 aromatic rings. The summed E-state index contributed by atoms with van der Waals surface area (Å²) in [7, 11) is 0. The number of carbonyl (C=O) groups excluding carboxylic acids is 2. The minimum Gasteiger partial charge on any atom is -0.464 e. The molecular formula is C15H19N5O5. The number of carbonyl (C=O) groups is 2. The Kier molecular flexibility index (Phi) is 5.88. The average Bonchev–Trinajstić information content (AvgIpc) is 2.58. The van der Waals surface area contributed by atoms with Crippen LogP contribution in [-0.4, -0.2) is 45.7 Å². The van der Waals surface area contributed by atoms with Crippen molar-refractivity contribution in [2.75, 3.05) is 13.2 Å². The molecule has 2 aromatic heterocycles. The number of esters is 1. The molecule has 0 radical (unpaired) electrons. The molecule has 10 nitrogen and oxygen atoms in total. The molecule has 25 heavy (non-hydrogen) atoms. The Hall–Kier alpha value is -3.17. The number of pyridine rings is 1. The zero-order chi connectivity index (χ0) is 18.4. The highest BCUT2D eigenvalue weighted by Gasteiger charge is 2.16. The molecule has 2 heterocycles. The van der Waals surface area contributed by atoms with Crippen LogP contribution < -0.4 is 21.9 Å². The number of hydrogen-bond acceptors (Lipinski definition) is 6. The molecule has 2 amide bonds. The van der Waals surface area contributed by atoms with E-state index in [-0.39, 0.29) is 30.7 Å². The van der Waals surface area contributed by atoms with Crippen LogP contribution in [0.15, 0.2) is 27.9 Å². The lowest BCUT2D eigenvalue weighted by atomic mass is 10.3. The first kappa shape index (κ1) is 18.2. The Morgan fingerprint density at radius 2 is 2.16 bits per heavy atom. The van der Waals surface area contributed by atoms with Crippen LogP contribution in [0.1, 0.15) is 13.8 Å². The molecule has 1 atom stereocenters. The molecule has 0 spiro atoms. The van der Waals surface area contributed by atoms with Crippen LogP contribution in [0.2, 0.25) is 0 Å². The Balaban J connectivity index is 1.97. The van der Waals surface area contributed by atoms with Crippen molar-refractivity contribution >= 4 is 23.0 Å². The highest BCUT2D eigenvalue weighted by Crippen LogP contribution is 1.98. The summed E-state index contributed by atoms with van der Waals surface area (Å²) in [5.74, 6) is -0.549. The number of amides is 2. The lowest BCUT2D eigenvalue weighted by molar-refractivity contribution is -0.144. The molecule has 0 saturated heterocycles. The maximum Gasteiger partial charge on any atom is 0.330 e. The van der Waals surface area contributed by atoms with E-state index < -0.39 is 29.3 Å². The van der Waals surface area contributed by atoms with Crippen molar-refractivity contribution in [3.05, 3.63) is 39.2 Å². The standard InChI is InChI=1S/C15H19N5O5/c1-3-25-13(22)9(2)18-14(23)17-7-8-20-12(21)10-5-4-6-16-11(10)19-15(20)24/h4-6,9H,3,7-8H2,1-2H3,(H,16,19,24)(H2,17,18,23). The van der Waals surface area contributed by atoms with E-state index in [1.54, 1.807) is 19.1 Å². The predicted molar refractivity (Wildman–Crippen MR) is 89.3 cm³/mol. The van der Waals surface area contributed by atoms with Gasteiger partial charge < -0.3 is 15.4 Å². The molecule has 0 aliphatic heterocycles. The van der Waals surface area contributed by atoms with Gasteiger partial charge in [0, 0.05) is 19.3 Å². The number of fused-ring (bicyclic) bond motifs is 1. The van der Waals surface area contributed by atoms with Crippen molar-refractivity contribution in [2.45, 2.75) is 26.4 Å². The van der Waals surface area contributed by atoms with E-state index in [1.165, 1.54) is 13.1 Å². The van der Waals surface area contributed by atoms with Gasteiger partial charge in [-0.3, -0.25) is 14.3 Å². The maximum absolute atomic E-state index is 12.3. The van der Waals surface area contributed by atoms with E-state index in [0.29, 0.717) is 0 Å². The Morgan fingerprint density at radius 1 is 1.40 bits per heavy atom. The second-order valence-electron chi connectivity index (χ2n) is 5.16. The number of nitrogens with zero attached hydrogens (tertiary/aromatic N) is 2. The minimum absolute atomic E-state index is 0.0239. The maximum atomic E-state index is 12.3. The van der Waals surface area contributed by atoms with Crippen molar-refractivity contribution in [2.24, 2.45) is 0 Å². The third-order valence-corrected chi connectivity index (χ3v) is 3.36. The summed E-state index contributed by atoms with van der Waals surface area (Å²) in [6, 6.07) is 1.73. The van der Waals surface area contributed by atoms with Gasteiger partial charge in [0.05, 0.1) is 12.0 Å². The fraction of sp³-hybridized carbons (Fsp3) is 0.400. The van der Waals surface area contributed by atoms with Gasteiger partial charge in [-0.2, -0.15) is 0 Å². The topological polar surface area (TPSA) is 135 Å². The van der Waals surface area contributed by atoms with Crippen LogP contribution in [0.25, 0.3) is 11.0 Å². The summed E-state index contributed by atoms with van der Waals surface area (Å²) in [5, 5.41) is 5.16. The molecule has 0 saturated carbocycles. The fourth-order valence-electron chi connectivity index (χ4n) is 2.14. The molecule has 1 unspecified atom stereocenters. The first-order valence-corrected chi connectivity index (χ1v) is 7.73. The minimum atomic E-state index is -0.808. The predicted octanol–water partition coefficient (Wildman–Crippen LogP) is -0.664. The van der Waals surface area contributed by atoms with Crippen molar-refractivity contribution in [3.8, 4) is 0 Å². The lowest BCUT2D eigenvalue weighted by Gasteiger charge is -2.13. The summed E-state index contributed by atoms with van der Waals surface area (Å²) in [5.41, 5.74) is -0.894. The van der Waals surface area contributed by atoms with Crippen molar-refractivity contribution in [1.29, 1.82) is 0 Å². The molecular weight excluding hydrogens is 330 g/mol. The highest BCUT2D eigenvalue weighted by molar-refractivity contribution is 5.83. The van der Waals surface area contributed by atoms with Crippen LogP contribution in [0.3, 0.4) is 0 Å².